The largest absolute Gasteiger partial charge is 0.317 e. The Hall–Kier alpha value is -8.08. The van der Waals surface area contributed by atoms with Gasteiger partial charge in [0.05, 0.1) is 22.4 Å². The fraction of sp³-hybridized carbons (Fsp3) is 0.0820. The van der Waals surface area contributed by atoms with Crippen molar-refractivity contribution in [2.75, 3.05) is 4.90 Å². The minimum Gasteiger partial charge on any atom is -0.317 e. The average Bonchev–Trinajstić information content (AvgIpc) is 3.70. The Balaban J connectivity index is 1.26. The first-order valence-electron chi connectivity index (χ1n) is 22.3. The molecule has 0 bridgehead atoms. The van der Waals surface area contributed by atoms with Crippen LogP contribution in [0.15, 0.2) is 231 Å². The summed E-state index contributed by atoms with van der Waals surface area (Å²) in [5.74, 6) is 0. The van der Waals surface area contributed by atoms with E-state index in [0.717, 1.165) is 52.3 Å². The van der Waals surface area contributed by atoms with Gasteiger partial charge in [-0.3, -0.25) is 4.98 Å². The van der Waals surface area contributed by atoms with Crippen molar-refractivity contribution in [3.63, 3.8) is 0 Å². The molecule has 1 aliphatic carbocycles. The number of pyridine rings is 1. The maximum absolute atomic E-state index is 8.87. The summed E-state index contributed by atoms with van der Waals surface area (Å²) in [7, 11) is 0. The van der Waals surface area contributed by atoms with Crippen LogP contribution in [0.1, 0.15) is 43.4 Å². The molecule has 4 nitrogen and oxygen atoms in total. The Bertz CT molecular complexity index is 3320. The molecule has 1 aliphatic heterocycles. The summed E-state index contributed by atoms with van der Waals surface area (Å²) >= 11 is 0. The Morgan fingerprint density at radius 2 is 1.43 bits per heavy atom. The third kappa shape index (κ3) is 7.43. The van der Waals surface area contributed by atoms with Crippen molar-refractivity contribution >= 4 is 44.5 Å². The van der Waals surface area contributed by atoms with E-state index in [1.807, 2.05) is 30.5 Å². The van der Waals surface area contributed by atoms with Crippen molar-refractivity contribution in [2.24, 2.45) is 0 Å². The molecule has 8 aromatic rings. The van der Waals surface area contributed by atoms with Crippen molar-refractivity contribution in [1.82, 2.24) is 9.55 Å². The Morgan fingerprint density at radius 3 is 2.15 bits per heavy atom. The molecule has 0 amide bonds. The minimum absolute atomic E-state index is 0.370. The van der Waals surface area contributed by atoms with E-state index >= 15 is 0 Å². The number of allylic oxidation sites excluding steroid dienone is 11. The molecule has 0 unspecified atom stereocenters. The number of anilines is 2. The van der Waals surface area contributed by atoms with E-state index in [0.29, 0.717) is 5.71 Å². The minimum atomic E-state index is -0.417. The number of aromatic nitrogens is 2. The highest BCUT2D eigenvalue weighted by Gasteiger charge is 2.37. The second-order valence-corrected chi connectivity index (χ2v) is 17.2. The highest BCUT2D eigenvalue weighted by molar-refractivity contribution is 6.19. The average molecular weight is 839 g/mol. The van der Waals surface area contributed by atoms with Crippen LogP contribution >= 0.6 is 0 Å². The summed E-state index contributed by atoms with van der Waals surface area (Å²) in [6.45, 7) is 12.4. The summed E-state index contributed by atoms with van der Waals surface area (Å²) in [5.41, 5.74) is 17.9. The van der Waals surface area contributed by atoms with Crippen molar-refractivity contribution < 1.29 is 0 Å². The number of nitrogens with zero attached hydrogens (tertiary/aromatic N) is 3. The van der Waals surface area contributed by atoms with Gasteiger partial charge in [-0.25, -0.2) is 0 Å². The first-order valence-corrected chi connectivity index (χ1v) is 22.3. The van der Waals surface area contributed by atoms with Crippen LogP contribution in [0.2, 0.25) is 0 Å². The van der Waals surface area contributed by atoms with E-state index in [4.69, 9.17) is 10.4 Å². The van der Waals surface area contributed by atoms with Crippen LogP contribution < -0.4 is 4.90 Å². The molecular weight excluding hydrogens is 789 g/mol. The Morgan fingerprint density at radius 1 is 0.677 bits per heavy atom. The molecule has 6 aromatic carbocycles. The van der Waals surface area contributed by atoms with Gasteiger partial charge in [-0.15, -0.1) is 0 Å². The van der Waals surface area contributed by atoms with E-state index in [9.17, 15) is 0 Å². The highest BCUT2D eigenvalue weighted by Crippen LogP contribution is 2.52. The quantitative estimate of drug-likeness (QED) is 0.104. The number of hydrogen-bond acceptors (Lipinski definition) is 3. The molecule has 314 valence electrons. The van der Waals surface area contributed by atoms with Crippen LogP contribution in [-0.2, 0) is 5.41 Å². The van der Waals surface area contributed by atoms with E-state index in [1.165, 1.54) is 60.8 Å². The molecule has 0 fully saturated rings. The standard InChI is InChI=1S/C61H50N4/c1-5-7-28-54(62)45(20-6-2)35-37-64-56-33-31-46(55-29-17-18-36-63-55)40-52(56)61(3,4)53-41-48(32-34-57(53)64)65-58-30-19-27-49(43-23-13-9-14-24-43)59(58)51-39-47(42-21-11-8-12-22-42)38-50(60(51)65)44-25-15-10-16-26-44/h5-8,10-13,15-41,62H,1-2,9,14H2,3-4H3/b28-7-,37-35-,45-20+,62-54?. The van der Waals surface area contributed by atoms with Crippen molar-refractivity contribution in [2.45, 2.75) is 32.1 Å². The number of hydrogen-bond donors (Lipinski definition) is 1. The predicted molar refractivity (Wildman–Crippen MR) is 276 cm³/mol. The highest BCUT2D eigenvalue weighted by atomic mass is 15.1. The lowest BCUT2D eigenvalue weighted by Gasteiger charge is -2.41. The SMILES string of the molecule is C=C/C=C\C(=N)C(/C=C\N1c2ccc(-c3ccccn3)cc2C(C)(C)c2cc(-n3c4cccc(C5=CCCC=C5)c4c4cc(-c5ccccc5)cc(-c5ccccc5)c43)ccc21)=C/C=C. The maximum atomic E-state index is 8.87. The first kappa shape index (κ1) is 41.0. The zero-order valence-electron chi connectivity index (χ0n) is 36.9. The zero-order valence-corrected chi connectivity index (χ0v) is 36.9. The van der Waals surface area contributed by atoms with Crippen LogP contribution in [0.3, 0.4) is 0 Å². The molecule has 0 spiro atoms. The smallest absolute Gasteiger partial charge is 0.0702 e. The van der Waals surface area contributed by atoms with Gasteiger partial charge >= 0.3 is 0 Å². The van der Waals surface area contributed by atoms with Crippen LogP contribution in [0, 0.1) is 5.41 Å². The summed E-state index contributed by atoms with van der Waals surface area (Å²) < 4.78 is 2.51. The Labute approximate surface area is 382 Å². The van der Waals surface area contributed by atoms with Crippen molar-refractivity contribution in [3.05, 3.63) is 248 Å². The fourth-order valence-electron chi connectivity index (χ4n) is 9.68. The van der Waals surface area contributed by atoms with Gasteiger partial charge in [0, 0.05) is 62.3 Å². The van der Waals surface area contributed by atoms with E-state index < -0.39 is 5.41 Å². The number of fused-ring (bicyclic) bond motifs is 5. The molecule has 4 heteroatoms. The van der Waals surface area contributed by atoms with Gasteiger partial charge in [0.1, 0.15) is 0 Å². The summed E-state index contributed by atoms with van der Waals surface area (Å²) in [6.07, 6.45) is 23.9. The van der Waals surface area contributed by atoms with Gasteiger partial charge in [0.15, 0.2) is 0 Å². The number of rotatable bonds is 11. The van der Waals surface area contributed by atoms with Crippen LogP contribution in [0.5, 0.6) is 0 Å². The summed E-state index contributed by atoms with van der Waals surface area (Å²) in [5, 5.41) is 11.3. The molecule has 2 aromatic heterocycles. The molecule has 10 rings (SSSR count). The molecule has 2 aliphatic rings. The number of nitrogens with one attached hydrogen (secondary N) is 1. The van der Waals surface area contributed by atoms with Gasteiger partial charge in [-0.2, -0.15) is 0 Å². The van der Waals surface area contributed by atoms with Gasteiger partial charge in [-0.1, -0.05) is 154 Å². The first-order chi connectivity index (χ1) is 31.9. The molecule has 0 radical (unpaired) electrons. The summed E-state index contributed by atoms with van der Waals surface area (Å²) in [4.78, 5) is 7.02. The monoisotopic (exact) mass is 838 g/mol. The second kappa shape index (κ2) is 17.2. The lowest BCUT2D eigenvalue weighted by Crippen LogP contribution is -2.30. The van der Waals surface area contributed by atoms with E-state index in [2.05, 4.69) is 194 Å². The van der Waals surface area contributed by atoms with Crippen molar-refractivity contribution in [3.8, 4) is 39.2 Å². The molecule has 65 heavy (non-hydrogen) atoms. The van der Waals surface area contributed by atoms with Gasteiger partial charge in [0.2, 0.25) is 0 Å². The molecule has 0 saturated heterocycles. The van der Waals surface area contributed by atoms with Gasteiger partial charge < -0.3 is 14.9 Å². The van der Waals surface area contributed by atoms with Crippen LogP contribution in [0.25, 0.3) is 66.6 Å². The third-order valence-corrected chi connectivity index (χ3v) is 12.9. The molecule has 0 saturated carbocycles. The number of benzene rings is 6. The van der Waals surface area contributed by atoms with Gasteiger partial charge in [-0.05, 0) is 125 Å². The molecule has 0 atom stereocenters. The van der Waals surface area contributed by atoms with E-state index in [-0.39, 0.29) is 0 Å². The van der Waals surface area contributed by atoms with E-state index in [1.54, 1.807) is 24.3 Å². The normalized spacial score (nSPS) is 14.5. The molecular formula is C61H50N4. The van der Waals surface area contributed by atoms with Gasteiger partial charge in [0.25, 0.3) is 0 Å². The maximum Gasteiger partial charge on any atom is 0.0702 e. The lowest BCUT2D eigenvalue weighted by atomic mass is 9.73. The van der Waals surface area contributed by atoms with Crippen molar-refractivity contribution in [1.29, 1.82) is 5.41 Å². The second-order valence-electron chi connectivity index (χ2n) is 17.2. The van der Waals surface area contributed by atoms with Crippen LogP contribution in [0.4, 0.5) is 11.4 Å². The third-order valence-electron chi connectivity index (χ3n) is 12.9. The topological polar surface area (TPSA) is 44.9 Å². The fourth-order valence-corrected chi connectivity index (χ4v) is 9.68. The Kier molecular flexibility index (Phi) is 10.9. The molecule has 1 N–H and O–H groups in total. The summed E-state index contributed by atoms with van der Waals surface area (Å²) in [6, 6.07) is 52.9. The molecule has 3 heterocycles. The predicted octanol–water partition coefficient (Wildman–Crippen LogP) is 16.1. The lowest BCUT2D eigenvalue weighted by molar-refractivity contribution is 0.631. The van der Waals surface area contributed by atoms with Crippen LogP contribution in [-0.4, -0.2) is 15.3 Å². The zero-order chi connectivity index (χ0) is 44.5.